The van der Waals surface area contributed by atoms with Crippen LogP contribution in [0.4, 0.5) is 0 Å². The molecule has 1 atom stereocenters. The Kier molecular flexibility index (Phi) is 13.7. The number of nitrogens with zero attached hydrogens (tertiary/aromatic N) is 1. The van der Waals surface area contributed by atoms with Gasteiger partial charge in [0.05, 0.1) is 12.0 Å². The average Bonchev–Trinajstić information content (AvgIpc) is 2.73. The van der Waals surface area contributed by atoms with E-state index in [4.69, 9.17) is 5.11 Å². The molecule has 1 N–H and O–H groups in total. The second kappa shape index (κ2) is 15.8. The van der Waals surface area contributed by atoms with E-state index in [1.807, 2.05) is 6.07 Å². The minimum absolute atomic E-state index is 0.141. The van der Waals surface area contributed by atoms with Crippen LogP contribution in [0.15, 0.2) is 53.5 Å². The topological polar surface area (TPSA) is 95.8 Å². The third-order valence-corrected chi connectivity index (χ3v) is 8.39. The summed E-state index contributed by atoms with van der Waals surface area (Å²) in [5.41, 5.74) is 1.03. The number of unbranched alkanes of at least 4 members (excludes halogenated alkanes) is 2. The van der Waals surface area contributed by atoms with Crippen molar-refractivity contribution in [1.29, 1.82) is 0 Å². The molecule has 160 valence electrons. The Morgan fingerprint density at radius 1 is 1.10 bits per heavy atom. The van der Waals surface area contributed by atoms with Crippen molar-refractivity contribution in [1.82, 2.24) is 0 Å². The summed E-state index contributed by atoms with van der Waals surface area (Å²) in [7, 11) is 0. The number of benzene rings is 2. The van der Waals surface area contributed by atoms with Crippen LogP contribution in [-0.4, -0.2) is 44.5 Å². The molecule has 2 rings (SSSR count). The Hall–Kier alpha value is -2.02. The Morgan fingerprint density at radius 3 is 2.27 bits per heavy atom. The quantitative estimate of drug-likeness (QED) is 0.282. The number of carbonyl (C=O) groups excluding carboxylic acids is 1. The van der Waals surface area contributed by atoms with Crippen LogP contribution in [0.5, 0.6) is 11.5 Å². The van der Waals surface area contributed by atoms with Crippen LogP contribution >= 0.6 is 0 Å². The third kappa shape index (κ3) is 11.2. The Bertz CT molecular complexity index is 759. The van der Waals surface area contributed by atoms with Crippen molar-refractivity contribution in [2.45, 2.75) is 60.9 Å². The van der Waals surface area contributed by atoms with Crippen molar-refractivity contribution in [3.05, 3.63) is 59.7 Å². The Morgan fingerprint density at radius 2 is 1.73 bits per heavy atom. The van der Waals surface area contributed by atoms with Gasteiger partial charge in [-0.15, -0.1) is 0 Å². The fourth-order valence-electron chi connectivity index (χ4n) is 2.56. The number of phenolic OH excluding ortho intramolecular Hbond substituents is 1. The van der Waals surface area contributed by atoms with E-state index >= 15 is 0 Å². The summed E-state index contributed by atoms with van der Waals surface area (Å²) in [5.74, 6) is -1.87. The number of hydrogen-bond acceptors (Lipinski definition) is 5. The normalized spacial score (nSPS) is 11.4. The van der Waals surface area contributed by atoms with Crippen LogP contribution in [0.2, 0.25) is 8.87 Å². The summed E-state index contributed by atoms with van der Waals surface area (Å²) in [4.78, 5) is 15.0. The fraction of sp³-hybridized carbons (Fsp3) is 0.417. The maximum atomic E-state index is 11.6. The molecule has 0 aliphatic carbocycles. The summed E-state index contributed by atoms with van der Waals surface area (Å²) in [6, 6.07) is 11.7. The average molecular weight is 516 g/mol. The van der Waals surface area contributed by atoms with E-state index in [1.54, 1.807) is 33.1 Å². The van der Waals surface area contributed by atoms with Gasteiger partial charge in [0, 0.05) is 12.6 Å². The van der Waals surface area contributed by atoms with Gasteiger partial charge in [-0.05, 0) is 23.3 Å². The van der Waals surface area contributed by atoms with Crippen molar-refractivity contribution in [2.24, 2.45) is 4.99 Å². The summed E-state index contributed by atoms with van der Waals surface area (Å²) in [5, 5.41) is 31.8. The first-order chi connectivity index (χ1) is 14.5. The van der Waals surface area contributed by atoms with Gasteiger partial charge in [0.2, 0.25) is 0 Å². The van der Waals surface area contributed by atoms with E-state index in [0.717, 1.165) is 11.6 Å². The second-order valence-electron chi connectivity index (χ2n) is 6.98. The van der Waals surface area contributed by atoms with Gasteiger partial charge < -0.3 is 20.1 Å². The molecule has 6 heteroatoms. The minimum atomic E-state index is -1.30. The van der Waals surface area contributed by atoms with Crippen molar-refractivity contribution in [3.63, 3.8) is 0 Å². The maximum absolute atomic E-state index is 11.6. The first kappa shape index (κ1) is 26.0. The van der Waals surface area contributed by atoms with Gasteiger partial charge in [0.25, 0.3) is 0 Å². The van der Waals surface area contributed by atoms with Gasteiger partial charge in [0.15, 0.2) is 0 Å². The molecule has 0 bridgehead atoms. The molecule has 2 aromatic carbocycles. The molecule has 0 aliphatic heterocycles. The zero-order chi connectivity index (χ0) is 22.2. The van der Waals surface area contributed by atoms with Crippen molar-refractivity contribution in [3.8, 4) is 11.5 Å². The molecule has 0 radical (unpaired) electrons. The number of rotatable bonds is 11. The Labute approximate surface area is 190 Å². The number of carbonyl (C=O) groups is 1. The molecule has 2 aromatic rings. The standard InChI is InChI=1S/C16H15NO4.2C4H9.Sn/c18-13-7-6-12(15(19)9-13)10-17-14(16(20)21)8-11-4-2-1-3-5-11;2*1-3-4-2;/h1-7,9-10,14,18-19H,8H2,(H,20,21);2*1,3-4H2,2H3;/q;;;+2/p-2/t14-;;;/m0.../s1. The molecule has 0 spiro atoms. The summed E-state index contributed by atoms with van der Waals surface area (Å²) >= 11 is 0.149. The van der Waals surface area contributed by atoms with Crippen LogP contribution < -0.4 is 10.2 Å². The molecule has 0 saturated heterocycles. The number of phenols is 1. The molecule has 0 aliphatic rings. The smallest absolute Gasteiger partial charge is 0.115 e. The number of carboxylic acid groups (broad SMARTS) is 1. The van der Waals surface area contributed by atoms with Gasteiger partial charge in [0.1, 0.15) is 5.75 Å². The van der Waals surface area contributed by atoms with E-state index in [9.17, 15) is 15.0 Å². The van der Waals surface area contributed by atoms with E-state index in [0.29, 0.717) is 0 Å². The number of aliphatic imine (C=N–C) groups is 1. The van der Waals surface area contributed by atoms with Crippen molar-refractivity contribution in [2.75, 3.05) is 0 Å². The number of aliphatic carboxylic acids is 1. The van der Waals surface area contributed by atoms with E-state index in [2.05, 4.69) is 18.8 Å². The predicted octanol–water partition coefficient (Wildman–Crippen LogP) is 3.37. The van der Waals surface area contributed by atoms with Crippen molar-refractivity contribution < 1.29 is 20.1 Å². The molecule has 5 nitrogen and oxygen atoms in total. The van der Waals surface area contributed by atoms with Gasteiger partial charge in [-0.2, -0.15) is 0 Å². The minimum Gasteiger partial charge on any atom is -0.872 e. The van der Waals surface area contributed by atoms with E-state index < -0.39 is 17.8 Å². The van der Waals surface area contributed by atoms with Crippen LogP contribution in [0, 0.1) is 0 Å². The fourth-order valence-corrected chi connectivity index (χ4v) is 6.72. The largest absolute Gasteiger partial charge is 0.872 e. The van der Waals surface area contributed by atoms with Gasteiger partial charge in [-0.1, -0.05) is 42.1 Å². The molecule has 0 heterocycles. The summed E-state index contributed by atoms with van der Waals surface area (Å²) < 4.78 is 3.25. The van der Waals surface area contributed by atoms with E-state index in [-0.39, 0.29) is 38.9 Å². The summed E-state index contributed by atoms with van der Waals surface area (Å²) in [6.07, 6.45) is 7.23. The number of aromatic hydroxyl groups is 1. The van der Waals surface area contributed by atoms with Crippen molar-refractivity contribution >= 4 is 33.3 Å². The van der Waals surface area contributed by atoms with Crippen LogP contribution in [-0.2, 0) is 11.2 Å². The second-order valence-corrected chi connectivity index (χ2v) is 11.3. The molecular weight excluding hydrogens is 485 g/mol. The molecule has 0 saturated carbocycles. The van der Waals surface area contributed by atoms with E-state index in [1.165, 1.54) is 44.0 Å². The van der Waals surface area contributed by atoms with Crippen LogP contribution in [0.25, 0.3) is 0 Å². The molecule has 0 aromatic heterocycles. The van der Waals surface area contributed by atoms with Crippen LogP contribution in [0.3, 0.4) is 0 Å². The zero-order valence-electron chi connectivity index (χ0n) is 17.8. The maximum Gasteiger partial charge on any atom is 0.115 e. The molecule has 0 unspecified atom stereocenters. The van der Waals surface area contributed by atoms with Gasteiger partial charge in [-0.3, -0.25) is 4.99 Å². The third-order valence-electron chi connectivity index (χ3n) is 4.35. The first-order valence-electron chi connectivity index (χ1n) is 10.5. The predicted molar refractivity (Wildman–Crippen MR) is 119 cm³/mol. The Balaban J connectivity index is 0.000000424. The van der Waals surface area contributed by atoms with Gasteiger partial charge >= 0.3 is 69.5 Å². The SMILES string of the molecule is CCC[CH2][Sn+2][CH2]CCC.O=C([O-])[C@H](Cc1ccccc1)N=Cc1ccc(O)cc1[O-]. The molecule has 0 amide bonds. The van der Waals surface area contributed by atoms with Crippen LogP contribution in [0.1, 0.15) is 50.7 Å². The number of hydrogen-bond donors (Lipinski definition) is 1. The number of carboxylic acids is 1. The molecule has 30 heavy (non-hydrogen) atoms. The molecule has 0 fully saturated rings. The van der Waals surface area contributed by atoms with Gasteiger partial charge in [-0.25, -0.2) is 0 Å². The summed E-state index contributed by atoms with van der Waals surface area (Å²) in [6.45, 7) is 4.58. The molecular formula is C24H31NO4Sn. The monoisotopic (exact) mass is 517 g/mol. The zero-order valence-corrected chi connectivity index (χ0v) is 20.7. The first-order valence-corrected chi connectivity index (χ1v) is 14.5.